The zero-order chi connectivity index (χ0) is 23.8. The van der Waals surface area contributed by atoms with Gasteiger partial charge in [-0.3, -0.25) is 9.59 Å². The van der Waals surface area contributed by atoms with Gasteiger partial charge in [-0.2, -0.15) is 5.48 Å². The van der Waals surface area contributed by atoms with Gasteiger partial charge in [-0.15, -0.1) is 11.3 Å². The highest BCUT2D eigenvalue weighted by atomic mass is 32.1. The quantitative estimate of drug-likeness (QED) is 0.597. The number of hydroxylamine groups is 1. The number of thiazole rings is 1. The molecule has 1 aromatic carbocycles. The van der Waals surface area contributed by atoms with E-state index in [1.165, 1.54) is 10.4 Å². The van der Waals surface area contributed by atoms with Crippen molar-refractivity contribution < 1.29 is 14.4 Å². The Bertz CT molecular complexity index is 955. The van der Waals surface area contributed by atoms with Crippen molar-refractivity contribution in [2.75, 3.05) is 13.1 Å². The Morgan fingerprint density at radius 2 is 2.12 bits per heavy atom. The van der Waals surface area contributed by atoms with Crippen LogP contribution in [0.1, 0.15) is 44.9 Å². The smallest absolute Gasteiger partial charge is 0.233 e. The van der Waals surface area contributed by atoms with Gasteiger partial charge in [-0.05, 0) is 49.8 Å². The summed E-state index contributed by atoms with van der Waals surface area (Å²) in [5, 5.41) is 2.64. The van der Waals surface area contributed by atoms with E-state index in [9.17, 15) is 9.59 Å². The first-order chi connectivity index (χ1) is 15.9. The number of hydrogen-bond donors (Lipinski definition) is 2. The molecule has 1 saturated heterocycles. The minimum absolute atomic E-state index is 0.134. The van der Waals surface area contributed by atoms with Crippen LogP contribution in [0, 0.1) is 18.8 Å². The van der Waals surface area contributed by atoms with Crippen molar-refractivity contribution in [3.05, 3.63) is 52.9 Å². The Morgan fingerprint density at radius 3 is 2.64 bits per heavy atom. The number of aryl methyl sites for hydroxylation is 1. The largest absolute Gasteiger partial charge is 0.412 e. The average molecular weight is 471 g/mol. The molecule has 178 valence electrons. The van der Waals surface area contributed by atoms with Crippen molar-refractivity contribution in [2.24, 2.45) is 11.8 Å². The molecule has 2 amide bonds. The van der Waals surface area contributed by atoms with Gasteiger partial charge < -0.3 is 15.1 Å². The average Bonchev–Trinajstić information content (AvgIpc) is 3.56. The molecular weight excluding hydrogens is 436 g/mol. The number of nitrogens with one attached hydrogen (secondary N) is 2. The number of aromatic nitrogens is 1. The van der Waals surface area contributed by atoms with Crippen LogP contribution in [0.4, 0.5) is 0 Å². The summed E-state index contributed by atoms with van der Waals surface area (Å²) in [7, 11) is 0. The molecule has 0 spiro atoms. The van der Waals surface area contributed by atoms with E-state index in [0.29, 0.717) is 25.5 Å². The SMILES string of the molecule is CC(C)C(C(=O)N1CCCC1C)C1=CCNO1.Cc1ncsc1-c1ccc(CNC=O)cc1. The lowest BCUT2D eigenvalue weighted by atomic mass is 9.92. The Hall–Kier alpha value is -2.71. The van der Waals surface area contributed by atoms with Crippen LogP contribution in [0.15, 0.2) is 41.6 Å². The Morgan fingerprint density at radius 1 is 1.36 bits per heavy atom. The van der Waals surface area contributed by atoms with Gasteiger partial charge in [0.25, 0.3) is 0 Å². The topological polar surface area (TPSA) is 83.6 Å². The van der Waals surface area contributed by atoms with Crippen LogP contribution in [0.3, 0.4) is 0 Å². The molecule has 2 unspecified atom stereocenters. The zero-order valence-corrected chi connectivity index (χ0v) is 20.7. The summed E-state index contributed by atoms with van der Waals surface area (Å²) in [5.41, 5.74) is 7.98. The Balaban J connectivity index is 0.000000186. The van der Waals surface area contributed by atoms with Gasteiger partial charge in [0.05, 0.1) is 22.6 Å². The van der Waals surface area contributed by atoms with Gasteiger partial charge in [0.15, 0.2) is 0 Å². The van der Waals surface area contributed by atoms with Gasteiger partial charge in [0.2, 0.25) is 12.3 Å². The van der Waals surface area contributed by atoms with Crippen molar-refractivity contribution in [2.45, 2.75) is 53.1 Å². The van der Waals surface area contributed by atoms with Crippen molar-refractivity contribution >= 4 is 23.7 Å². The fourth-order valence-electron chi connectivity index (χ4n) is 4.19. The normalized spacial score (nSPS) is 18.3. The van der Waals surface area contributed by atoms with E-state index in [2.05, 4.69) is 48.7 Å². The van der Waals surface area contributed by atoms with E-state index < -0.39 is 0 Å². The summed E-state index contributed by atoms with van der Waals surface area (Å²) in [6.07, 6.45) is 4.93. The summed E-state index contributed by atoms with van der Waals surface area (Å²) in [6, 6.07) is 8.53. The predicted molar refractivity (Wildman–Crippen MR) is 131 cm³/mol. The van der Waals surface area contributed by atoms with Crippen LogP contribution < -0.4 is 10.8 Å². The van der Waals surface area contributed by atoms with Gasteiger partial charge in [-0.25, -0.2) is 4.98 Å². The molecule has 2 aliphatic rings. The number of carbonyl (C=O) groups is 2. The van der Waals surface area contributed by atoms with Crippen LogP contribution in [0.25, 0.3) is 10.4 Å². The number of nitrogens with zero attached hydrogens (tertiary/aromatic N) is 2. The molecule has 4 rings (SSSR count). The second-order valence-corrected chi connectivity index (χ2v) is 9.62. The molecule has 8 heteroatoms. The number of rotatable bonds is 7. The van der Waals surface area contributed by atoms with Gasteiger partial charge >= 0.3 is 0 Å². The maximum absolute atomic E-state index is 12.6. The third kappa shape index (κ3) is 6.42. The highest BCUT2D eigenvalue weighted by molar-refractivity contribution is 7.13. The van der Waals surface area contributed by atoms with E-state index in [-0.39, 0.29) is 17.7 Å². The number of benzene rings is 1. The molecule has 2 aliphatic heterocycles. The summed E-state index contributed by atoms with van der Waals surface area (Å²) in [4.78, 5) is 35.5. The lowest BCUT2D eigenvalue weighted by Gasteiger charge is -2.29. The summed E-state index contributed by atoms with van der Waals surface area (Å²) >= 11 is 1.64. The van der Waals surface area contributed by atoms with Crippen LogP contribution in [-0.2, 0) is 21.0 Å². The number of carbonyl (C=O) groups excluding carboxylic acids is 2. The summed E-state index contributed by atoms with van der Waals surface area (Å²) < 4.78 is 0. The molecule has 0 radical (unpaired) electrons. The highest BCUT2D eigenvalue weighted by Crippen LogP contribution is 2.29. The summed E-state index contributed by atoms with van der Waals surface area (Å²) in [5.74, 6) is 1.15. The molecule has 3 heterocycles. The molecular formula is C25H34N4O3S. The molecule has 0 aliphatic carbocycles. The standard InChI is InChI=1S/C13H22N2O2.C12H12N2OS/c1-9(2)12(11-6-7-14-17-11)13(16)15-8-4-5-10(15)3;1-9-12(16-8-14-9)11-4-2-10(3-5-11)6-13-7-15/h6,9-10,12,14H,4-5,7-8H2,1-3H3;2-5,7-8H,6H2,1H3,(H,13,15). The zero-order valence-electron chi connectivity index (χ0n) is 19.8. The third-order valence-corrected chi connectivity index (χ3v) is 6.98. The maximum atomic E-state index is 12.6. The first-order valence-electron chi connectivity index (χ1n) is 11.5. The minimum atomic E-state index is -0.134. The molecule has 2 aromatic rings. The molecule has 7 nitrogen and oxygen atoms in total. The number of amides is 2. The molecule has 2 atom stereocenters. The van der Waals surface area contributed by atoms with Crippen LogP contribution in [0.5, 0.6) is 0 Å². The Kier molecular flexibility index (Phi) is 9.03. The number of hydrogen-bond acceptors (Lipinski definition) is 6. The predicted octanol–water partition coefficient (Wildman–Crippen LogP) is 4.05. The van der Waals surface area contributed by atoms with Crippen LogP contribution in [0.2, 0.25) is 0 Å². The van der Waals surface area contributed by atoms with Crippen molar-refractivity contribution in [3.63, 3.8) is 0 Å². The van der Waals surface area contributed by atoms with Crippen molar-refractivity contribution in [3.8, 4) is 10.4 Å². The molecule has 1 fully saturated rings. The second kappa shape index (κ2) is 12.0. The first kappa shape index (κ1) is 24.9. The van der Waals surface area contributed by atoms with E-state index >= 15 is 0 Å². The fraction of sp³-hybridized carbons (Fsp3) is 0.480. The molecule has 2 N–H and O–H groups in total. The monoisotopic (exact) mass is 470 g/mol. The first-order valence-corrected chi connectivity index (χ1v) is 12.4. The summed E-state index contributed by atoms with van der Waals surface area (Å²) in [6.45, 7) is 10.5. The van der Waals surface area contributed by atoms with E-state index in [1.54, 1.807) is 11.3 Å². The van der Waals surface area contributed by atoms with E-state index in [4.69, 9.17) is 4.84 Å². The van der Waals surface area contributed by atoms with Gasteiger partial charge in [0.1, 0.15) is 11.7 Å². The lowest BCUT2D eigenvalue weighted by Crippen LogP contribution is -2.41. The number of likely N-dealkylation sites (tertiary alicyclic amines) is 1. The highest BCUT2D eigenvalue weighted by Gasteiger charge is 2.36. The molecule has 1 aromatic heterocycles. The van der Waals surface area contributed by atoms with E-state index in [0.717, 1.165) is 36.4 Å². The molecule has 0 saturated carbocycles. The van der Waals surface area contributed by atoms with Crippen molar-refractivity contribution in [1.82, 2.24) is 20.7 Å². The maximum Gasteiger partial charge on any atom is 0.233 e. The third-order valence-electron chi connectivity index (χ3n) is 6.00. The minimum Gasteiger partial charge on any atom is -0.412 e. The van der Waals surface area contributed by atoms with Crippen LogP contribution >= 0.6 is 11.3 Å². The second-order valence-electron chi connectivity index (χ2n) is 8.76. The van der Waals surface area contributed by atoms with E-state index in [1.807, 2.05) is 35.5 Å². The van der Waals surface area contributed by atoms with Gasteiger partial charge in [-0.1, -0.05) is 38.1 Å². The lowest BCUT2D eigenvalue weighted by molar-refractivity contribution is -0.137. The van der Waals surface area contributed by atoms with Crippen LogP contribution in [-0.4, -0.2) is 41.3 Å². The van der Waals surface area contributed by atoms with Crippen molar-refractivity contribution in [1.29, 1.82) is 0 Å². The fourth-order valence-corrected chi connectivity index (χ4v) is 5.00. The molecule has 33 heavy (non-hydrogen) atoms. The Labute approximate surface area is 200 Å². The molecule has 0 bridgehead atoms. The van der Waals surface area contributed by atoms with Gasteiger partial charge in [0, 0.05) is 19.1 Å².